The van der Waals surface area contributed by atoms with Crippen molar-refractivity contribution in [2.45, 2.75) is 40.5 Å². The van der Waals surface area contributed by atoms with Crippen molar-refractivity contribution in [3.63, 3.8) is 0 Å². The summed E-state index contributed by atoms with van der Waals surface area (Å²) in [7, 11) is 0. The molecule has 0 saturated heterocycles. The molecule has 0 aliphatic rings. The molecule has 0 unspecified atom stereocenters. The van der Waals surface area contributed by atoms with Crippen LogP contribution in [-0.2, 0) is 0 Å². The van der Waals surface area contributed by atoms with E-state index in [2.05, 4.69) is 49.8 Å². The van der Waals surface area contributed by atoms with Gasteiger partial charge in [-0.2, -0.15) is 0 Å². The topological polar surface area (TPSA) is 25.8 Å². The number of aromatic nitrogens is 2. The van der Waals surface area contributed by atoms with E-state index in [9.17, 15) is 0 Å². The Hall–Kier alpha value is -1.44. The molecule has 84 valence electrons. The maximum atomic E-state index is 4.49. The third-order valence-corrected chi connectivity index (χ3v) is 3.01. The summed E-state index contributed by atoms with van der Waals surface area (Å²) in [5, 5.41) is 1.18. The summed E-state index contributed by atoms with van der Waals surface area (Å²) in [6.07, 6.45) is 0. The second-order valence-electron chi connectivity index (χ2n) is 4.74. The van der Waals surface area contributed by atoms with Crippen LogP contribution in [0.5, 0.6) is 0 Å². The molecule has 0 bridgehead atoms. The summed E-state index contributed by atoms with van der Waals surface area (Å²) in [6.45, 7) is 10.6. The Kier molecular flexibility index (Phi) is 2.66. The zero-order valence-corrected chi connectivity index (χ0v) is 10.6. The molecular formula is C14H18N2. The lowest BCUT2D eigenvalue weighted by Gasteiger charge is -2.12. The van der Waals surface area contributed by atoms with Gasteiger partial charge in [-0.1, -0.05) is 13.8 Å². The van der Waals surface area contributed by atoms with Crippen molar-refractivity contribution in [3.05, 3.63) is 34.8 Å². The Morgan fingerprint density at radius 3 is 2.31 bits per heavy atom. The van der Waals surface area contributed by atoms with Crippen LogP contribution in [0, 0.1) is 20.8 Å². The average molecular weight is 214 g/mol. The molecule has 0 N–H and O–H groups in total. The number of hydrogen-bond acceptors (Lipinski definition) is 2. The van der Waals surface area contributed by atoms with E-state index in [1.807, 2.05) is 6.92 Å². The van der Waals surface area contributed by atoms with Gasteiger partial charge < -0.3 is 0 Å². The van der Waals surface area contributed by atoms with E-state index in [1.165, 1.54) is 16.5 Å². The Morgan fingerprint density at radius 2 is 1.69 bits per heavy atom. The zero-order chi connectivity index (χ0) is 11.9. The summed E-state index contributed by atoms with van der Waals surface area (Å²) in [4.78, 5) is 8.91. The average Bonchev–Trinajstić information content (AvgIpc) is 2.15. The van der Waals surface area contributed by atoms with Crippen LogP contribution in [-0.4, -0.2) is 9.97 Å². The van der Waals surface area contributed by atoms with E-state index in [-0.39, 0.29) is 0 Å². The van der Waals surface area contributed by atoms with Gasteiger partial charge >= 0.3 is 0 Å². The number of rotatable bonds is 1. The van der Waals surface area contributed by atoms with Crippen molar-refractivity contribution >= 4 is 10.9 Å². The molecule has 0 fully saturated rings. The fourth-order valence-electron chi connectivity index (χ4n) is 2.22. The lowest BCUT2D eigenvalue weighted by molar-refractivity contribution is 0.858. The molecule has 1 heterocycles. The minimum Gasteiger partial charge on any atom is -0.238 e. The summed E-state index contributed by atoms with van der Waals surface area (Å²) in [5.41, 5.74) is 4.85. The van der Waals surface area contributed by atoms with E-state index >= 15 is 0 Å². The molecule has 0 aliphatic heterocycles. The van der Waals surface area contributed by atoms with Gasteiger partial charge in [-0.25, -0.2) is 9.97 Å². The van der Waals surface area contributed by atoms with Gasteiger partial charge in [0.2, 0.25) is 0 Å². The molecule has 1 aromatic carbocycles. The minimum atomic E-state index is 0.546. The Bertz CT molecular complexity index is 542. The van der Waals surface area contributed by atoms with Crippen LogP contribution in [0.25, 0.3) is 10.9 Å². The third-order valence-electron chi connectivity index (χ3n) is 3.01. The summed E-state index contributed by atoms with van der Waals surface area (Å²) < 4.78 is 0. The summed E-state index contributed by atoms with van der Waals surface area (Å²) >= 11 is 0. The molecule has 1 aromatic heterocycles. The predicted molar refractivity (Wildman–Crippen MR) is 67.8 cm³/mol. The number of fused-ring (bicyclic) bond motifs is 1. The number of nitrogens with zero attached hydrogens (tertiary/aromatic N) is 2. The van der Waals surface area contributed by atoms with Gasteiger partial charge in [-0.3, -0.25) is 0 Å². The van der Waals surface area contributed by atoms with Crippen LogP contribution in [0.15, 0.2) is 12.1 Å². The van der Waals surface area contributed by atoms with Gasteiger partial charge in [0.1, 0.15) is 5.82 Å². The largest absolute Gasteiger partial charge is 0.238 e. The van der Waals surface area contributed by atoms with Crippen molar-refractivity contribution in [2.24, 2.45) is 0 Å². The standard InChI is InChI=1S/C14H18N2/c1-8(2)12-7-13-10(4)15-11(5)16-14(13)6-9(12)3/h6-8H,1-5H3. The van der Waals surface area contributed by atoms with Gasteiger partial charge in [-0.15, -0.1) is 0 Å². The van der Waals surface area contributed by atoms with E-state index < -0.39 is 0 Å². The smallest absolute Gasteiger partial charge is 0.126 e. The molecule has 2 rings (SSSR count). The van der Waals surface area contributed by atoms with E-state index in [4.69, 9.17) is 0 Å². The number of benzene rings is 1. The van der Waals surface area contributed by atoms with E-state index in [0.717, 1.165) is 17.0 Å². The molecule has 0 saturated carbocycles. The third kappa shape index (κ3) is 1.80. The van der Waals surface area contributed by atoms with E-state index in [1.54, 1.807) is 0 Å². The lowest BCUT2D eigenvalue weighted by atomic mass is 9.95. The van der Waals surface area contributed by atoms with Crippen LogP contribution in [0.2, 0.25) is 0 Å². The first-order valence-electron chi connectivity index (χ1n) is 5.74. The van der Waals surface area contributed by atoms with Crippen molar-refractivity contribution in [3.8, 4) is 0 Å². The second-order valence-corrected chi connectivity index (χ2v) is 4.74. The van der Waals surface area contributed by atoms with Gasteiger partial charge in [0.05, 0.1) is 5.52 Å². The predicted octanol–water partition coefficient (Wildman–Crippen LogP) is 3.68. The van der Waals surface area contributed by atoms with Crippen molar-refractivity contribution in [2.75, 3.05) is 0 Å². The van der Waals surface area contributed by atoms with Gasteiger partial charge in [0.25, 0.3) is 0 Å². The van der Waals surface area contributed by atoms with Crippen LogP contribution in [0.1, 0.15) is 42.4 Å². The van der Waals surface area contributed by atoms with Gasteiger partial charge in [0, 0.05) is 11.1 Å². The number of hydrogen-bond donors (Lipinski definition) is 0. The molecule has 2 heteroatoms. The minimum absolute atomic E-state index is 0.546. The SMILES string of the molecule is Cc1nc(C)c2cc(C(C)C)c(C)cc2n1. The zero-order valence-electron chi connectivity index (χ0n) is 10.6. The highest BCUT2D eigenvalue weighted by atomic mass is 14.9. The normalized spacial score (nSPS) is 11.4. The second kappa shape index (κ2) is 3.85. The highest BCUT2D eigenvalue weighted by Gasteiger charge is 2.08. The fraction of sp³-hybridized carbons (Fsp3) is 0.429. The number of aryl methyl sites for hydroxylation is 3. The molecule has 0 radical (unpaired) electrons. The molecule has 0 amide bonds. The highest BCUT2D eigenvalue weighted by molar-refractivity contribution is 5.82. The Labute approximate surface area is 96.7 Å². The van der Waals surface area contributed by atoms with Crippen LogP contribution < -0.4 is 0 Å². The Balaban J connectivity index is 2.79. The maximum absolute atomic E-state index is 4.49. The van der Waals surface area contributed by atoms with Crippen LogP contribution in [0.3, 0.4) is 0 Å². The quantitative estimate of drug-likeness (QED) is 0.723. The highest BCUT2D eigenvalue weighted by Crippen LogP contribution is 2.25. The lowest BCUT2D eigenvalue weighted by Crippen LogP contribution is -1.97. The Morgan fingerprint density at radius 1 is 1.00 bits per heavy atom. The monoisotopic (exact) mass is 214 g/mol. The van der Waals surface area contributed by atoms with Crippen molar-refractivity contribution in [1.29, 1.82) is 0 Å². The fourth-order valence-corrected chi connectivity index (χ4v) is 2.22. The molecule has 16 heavy (non-hydrogen) atoms. The molecule has 0 spiro atoms. The van der Waals surface area contributed by atoms with Gasteiger partial charge in [0.15, 0.2) is 0 Å². The maximum Gasteiger partial charge on any atom is 0.126 e. The first kappa shape index (κ1) is 11.1. The van der Waals surface area contributed by atoms with E-state index in [0.29, 0.717) is 5.92 Å². The summed E-state index contributed by atoms with van der Waals surface area (Å²) in [5.74, 6) is 1.40. The van der Waals surface area contributed by atoms with Crippen molar-refractivity contribution < 1.29 is 0 Å². The molecular weight excluding hydrogens is 196 g/mol. The molecule has 2 aromatic rings. The summed E-state index contributed by atoms with van der Waals surface area (Å²) in [6, 6.07) is 4.41. The molecule has 0 aliphatic carbocycles. The molecule has 0 atom stereocenters. The van der Waals surface area contributed by atoms with Crippen molar-refractivity contribution in [1.82, 2.24) is 9.97 Å². The van der Waals surface area contributed by atoms with Gasteiger partial charge in [-0.05, 0) is 49.9 Å². The van der Waals surface area contributed by atoms with Crippen LogP contribution in [0.4, 0.5) is 0 Å². The first-order chi connectivity index (χ1) is 7.49. The molecule has 2 nitrogen and oxygen atoms in total. The first-order valence-corrected chi connectivity index (χ1v) is 5.74. The van der Waals surface area contributed by atoms with Crippen LogP contribution >= 0.6 is 0 Å².